The maximum absolute atomic E-state index is 12.3. The topological polar surface area (TPSA) is 49.3 Å². The van der Waals surface area contributed by atoms with Crippen molar-refractivity contribution in [2.75, 3.05) is 5.32 Å². The van der Waals surface area contributed by atoms with Crippen molar-refractivity contribution in [3.8, 4) is 5.75 Å². The molecule has 0 aliphatic rings. The second kappa shape index (κ2) is 5.46. The molecule has 3 aromatic carbocycles. The van der Waals surface area contributed by atoms with Crippen LogP contribution in [0.5, 0.6) is 5.75 Å². The van der Waals surface area contributed by atoms with Gasteiger partial charge in [0, 0.05) is 16.1 Å². The lowest BCUT2D eigenvalue weighted by Gasteiger charge is -2.10. The highest BCUT2D eigenvalue weighted by Gasteiger charge is 2.12. The number of anilines is 1. The average molecular weight is 298 g/mol. The molecule has 0 atom stereocenters. The van der Waals surface area contributed by atoms with Crippen molar-refractivity contribution in [1.82, 2.24) is 0 Å². The van der Waals surface area contributed by atoms with E-state index in [1.54, 1.807) is 6.07 Å². The van der Waals surface area contributed by atoms with Gasteiger partial charge in [-0.3, -0.25) is 4.79 Å². The Balaban J connectivity index is 1.97. The van der Waals surface area contributed by atoms with Gasteiger partial charge >= 0.3 is 0 Å². The van der Waals surface area contributed by atoms with Gasteiger partial charge < -0.3 is 10.4 Å². The Bertz CT molecular complexity index is 825. The maximum atomic E-state index is 12.3. The number of hydrogen-bond donors (Lipinski definition) is 2. The van der Waals surface area contributed by atoms with Gasteiger partial charge in [0.2, 0.25) is 0 Å². The summed E-state index contributed by atoms with van der Waals surface area (Å²) in [4.78, 5) is 12.3. The number of phenolic OH excluding ortho intramolecular Hbond substituents is 1. The largest absolute Gasteiger partial charge is 0.507 e. The first-order chi connectivity index (χ1) is 10.1. The number of aromatic hydroxyl groups is 1. The van der Waals surface area contributed by atoms with Crippen molar-refractivity contribution >= 4 is 34.0 Å². The molecule has 2 N–H and O–H groups in total. The molecule has 3 aromatic rings. The van der Waals surface area contributed by atoms with E-state index in [9.17, 15) is 9.90 Å². The third kappa shape index (κ3) is 2.69. The second-order valence-electron chi connectivity index (χ2n) is 4.64. The lowest BCUT2D eigenvalue weighted by atomic mass is 10.1. The minimum Gasteiger partial charge on any atom is -0.507 e. The van der Waals surface area contributed by atoms with Gasteiger partial charge in [-0.15, -0.1) is 0 Å². The molecule has 0 saturated heterocycles. The number of rotatable bonds is 2. The van der Waals surface area contributed by atoms with E-state index in [1.165, 1.54) is 12.1 Å². The summed E-state index contributed by atoms with van der Waals surface area (Å²) in [5.41, 5.74) is 0.889. The Hall–Kier alpha value is -2.52. The van der Waals surface area contributed by atoms with Crippen LogP contribution in [0, 0.1) is 0 Å². The van der Waals surface area contributed by atoms with Gasteiger partial charge in [-0.2, -0.15) is 0 Å². The van der Waals surface area contributed by atoms with Gasteiger partial charge in [-0.05, 0) is 29.7 Å². The van der Waals surface area contributed by atoms with Gasteiger partial charge in [0.15, 0.2) is 0 Å². The van der Waals surface area contributed by atoms with Gasteiger partial charge in [-0.25, -0.2) is 0 Å². The molecular formula is C17H12ClNO2. The summed E-state index contributed by atoms with van der Waals surface area (Å²) >= 11 is 5.77. The van der Waals surface area contributed by atoms with E-state index in [4.69, 9.17) is 11.6 Å². The number of nitrogens with one attached hydrogen (secondary N) is 1. The zero-order chi connectivity index (χ0) is 14.8. The number of halogens is 1. The van der Waals surface area contributed by atoms with E-state index < -0.39 is 0 Å². The average Bonchev–Trinajstić information content (AvgIpc) is 2.47. The molecular weight excluding hydrogens is 286 g/mol. The number of amides is 1. The first-order valence-corrected chi connectivity index (χ1v) is 6.80. The second-order valence-corrected chi connectivity index (χ2v) is 5.08. The first kappa shape index (κ1) is 13.5. The van der Waals surface area contributed by atoms with Crippen LogP contribution in [0.3, 0.4) is 0 Å². The van der Waals surface area contributed by atoms with Crippen LogP contribution >= 0.6 is 11.6 Å². The summed E-state index contributed by atoms with van der Waals surface area (Å²) in [5, 5.41) is 15.0. The highest BCUT2D eigenvalue weighted by molar-refractivity contribution is 6.31. The Morgan fingerprint density at radius 1 is 1.00 bits per heavy atom. The van der Waals surface area contributed by atoms with Crippen LogP contribution in [0.4, 0.5) is 5.69 Å². The molecule has 1 amide bonds. The quantitative estimate of drug-likeness (QED) is 0.734. The molecule has 0 aromatic heterocycles. The lowest BCUT2D eigenvalue weighted by Crippen LogP contribution is -2.12. The fraction of sp³-hybridized carbons (Fsp3) is 0. The highest BCUT2D eigenvalue weighted by Crippen LogP contribution is 2.26. The Labute approximate surface area is 126 Å². The number of fused-ring (bicyclic) bond motifs is 1. The number of hydrogen-bond acceptors (Lipinski definition) is 2. The molecule has 4 heteroatoms. The first-order valence-electron chi connectivity index (χ1n) is 6.43. The molecule has 0 heterocycles. The van der Waals surface area contributed by atoms with Crippen molar-refractivity contribution in [1.29, 1.82) is 0 Å². The van der Waals surface area contributed by atoms with Crippen molar-refractivity contribution in [2.45, 2.75) is 0 Å². The number of carbonyl (C=O) groups excluding carboxylic acids is 1. The standard InChI is InChI=1S/C17H12ClNO2/c18-12-8-9-14(16(20)10-12)17(21)19-15-7-3-5-11-4-1-2-6-13(11)15/h1-10,20H,(H,19,21). The SMILES string of the molecule is O=C(Nc1cccc2ccccc12)c1ccc(Cl)cc1O. The lowest BCUT2D eigenvalue weighted by molar-refractivity contribution is 0.102. The zero-order valence-corrected chi connectivity index (χ0v) is 11.8. The Morgan fingerprint density at radius 2 is 1.76 bits per heavy atom. The number of benzene rings is 3. The molecule has 0 aliphatic heterocycles. The van der Waals surface area contributed by atoms with Crippen LogP contribution in [0.1, 0.15) is 10.4 Å². The summed E-state index contributed by atoms with van der Waals surface area (Å²) in [5.74, 6) is -0.513. The van der Waals surface area contributed by atoms with Crippen LogP contribution in [0.15, 0.2) is 60.7 Å². The van der Waals surface area contributed by atoms with E-state index in [1.807, 2.05) is 42.5 Å². The third-order valence-electron chi connectivity index (χ3n) is 3.24. The number of carbonyl (C=O) groups is 1. The Morgan fingerprint density at radius 3 is 2.57 bits per heavy atom. The highest BCUT2D eigenvalue weighted by atomic mass is 35.5. The van der Waals surface area contributed by atoms with Gasteiger partial charge in [0.1, 0.15) is 5.75 Å². The smallest absolute Gasteiger partial charge is 0.259 e. The maximum Gasteiger partial charge on any atom is 0.259 e. The van der Waals surface area contributed by atoms with Crippen molar-refractivity contribution in [3.63, 3.8) is 0 Å². The molecule has 104 valence electrons. The number of phenols is 1. The summed E-state index contributed by atoms with van der Waals surface area (Å²) in [7, 11) is 0. The predicted octanol–water partition coefficient (Wildman–Crippen LogP) is 4.45. The molecule has 0 spiro atoms. The van der Waals surface area contributed by atoms with Crippen molar-refractivity contribution in [3.05, 3.63) is 71.2 Å². The van der Waals surface area contributed by atoms with E-state index in [0.29, 0.717) is 10.7 Å². The van der Waals surface area contributed by atoms with Crippen LogP contribution < -0.4 is 5.32 Å². The van der Waals surface area contributed by atoms with Crippen LogP contribution in [0.25, 0.3) is 10.8 Å². The molecule has 0 radical (unpaired) electrons. The molecule has 0 fully saturated rings. The van der Waals surface area contributed by atoms with E-state index in [-0.39, 0.29) is 17.2 Å². The Kier molecular flexibility index (Phi) is 3.50. The summed E-state index contributed by atoms with van der Waals surface area (Å²) in [6.07, 6.45) is 0. The van der Waals surface area contributed by atoms with Crippen LogP contribution in [0.2, 0.25) is 5.02 Å². The minimum atomic E-state index is -0.375. The molecule has 0 unspecified atom stereocenters. The van der Waals surface area contributed by atoms with E-state index >= 15 is 0 Å². The van der Waals surface area contributed by atoms with Crippen molar-refractivity contribution in [2.24, 2.45) is 0 Å². The molecule has 21 heavy (non-hydrogen) atoms. The minimum absolute atomic E-state index is 0.139. The van der Waals surface area contributed by atoms with Crippen LogP contribution in [-0.4, -0.2) is 11.0 Å². The van der Waals surface area contributed by atoms with E-state index in [0.717, 1.165) is 10.8 Å². The summed E-state index contributed by atoms with van der Waals surface area (Å²) in [6.45, 7) is 0. The summed E-state index contributed by atoms with van der Waals surface area (Å²) < 4.78 is 0. The van der Waals surface area contributed by atoms with Gasteiger partial charge in [0.25, 0.3) is 5.91 Å². The van der Waals surface area contributed by atoms with Crippen LogP contribution in [-0.2, 0) is 0 Å². The third-order valence-corrected chi connectivity index (χ3v) is 3.48. The fourth-order valence-electron chi connectivity index (χ4n) is 2.22. The molecule has 3 nitrogen and oxygen atoms in total. The molecule has 0 bridgehead atoms. The van der Waals surface area contributed by atoms with E-state index in [2.05, 4.69) is 5.32 Å². The molecule has 0 saturated carbocycles. The monoisotopic (exact) mass is 297 g/mol. The fourth-order valence-corrected chi connectivity index (χ4v) is 2.39. The normalized spacial score (nSPS) is 10.5. The van der Waals surface area contributed by atoms with Gasteiger partial charge in [-0.1, -0.05) is 48.0 Å². The summed E-state index contributed by atoms with van der Waals surface area (Å²) in [6, 6.07) is 17.9. The predicted molar refractivity (Wildman–Crippen MR) is 85.0 cm³/mol. The molecule has 0 aliphatic carbocycles. The van der Waals surface area contributed by atoms with Crippen molar-refractivity contribution < 1.29 is 9.90 Å². The molecule has 3 rings (SSSR count). The van der Waals surface area contributed by atoms with Gasteiger partial charge in [0.05, 0.1) is 5.56 Å². The zero-order valence-electron chi connectivity index (χ0n) is 11.0.